The topological polar surface area (TPSA) is 140 Å². The van der Waals surface area contributed by atoms with E-state index in [2.05, 4.69) is 16.3 Å². The molecule has 2 aromatic carbocycles. The normalized spacial score (nSPS) is 16.7. The fraction of sp³-hybridized carbons (Fsp3) is 0.360. The number of anilines is 2. The maximum absolute atomic E-state index is 13.6. The van der Waals surface area contributed by atoms with Crippen LogP contribution in [0, 0.1) is 21.4 Å². The lowest BCUT2D eigenvalue weighted by atomic mass is 9.97. The largest absolute Gasteiger partial charge is 0.378 e. The van der Waals surface area contributed by atoms with Crippen LogP contribution in [0.3, 0.4) is 0 Å². The molecule has 0 aliphatic carbocycles. The number of rotatable bonds is 7. The lowest BCUT2D eigenvalue weighted by Gasteiger charge is -2.28. The number of ether oxygens (including phenoxy) is 2. The Balaban J connectivity index is 1.54. The first-order valence-corrected chi connectivity index (χ1v) is 12.0. The number of nitro groups is 1. The summed E-state index contributed by atoms with van der Waals surface area (Å²) in [5.74, 6) is -1.25. The average molecular weight is 504 g/mol. The van der Waals surface area contributed by atoms with Gasteiger partial charge in [-0.2, -0.15) is 5.26 Å². The van der Waals surface area contributed by atoms with Gasteiger partial charge in [0.05, 0.1) is 43.1 Å². The van der Waals surface area contributed by atoms with Crippen LogP contribution < -0.4 is 9.80 Å². The van der Waals surface area contributed by atoms with E-state index in [0.29, 0.717) is 69.9 Å². The summed E-state index contributed by atoms with van der Waals surface area (Å²) < 4.78 is 12.5. The van der Waals surface area contributed by atoms with Gasteiger partial charge < -0.3 is 19.3 Å². The van der Waals surface area contributed by atoms with Crippen molar-refractivity contribution in [2.45, 2.75) is 5.92 Å². The minimum atomic E-state index is -1.32. The van der Waals surface area contributed by atoms with E-state index in [1.165, 1.54) is 12.1 Å². The summed E-state index contributed by atoms with van der Waals surface area (Å²) >= 11 is 0. The maximum Gasteiger partial charge on any atom is 0.293 e. The molecule has 1 atom stereocenters. The standard InChI is InChI=1S/C25H25N7O5/c26-17-20(23(33)18-6-7-21(22(16-18)32(34)35)29-8-12-36-13-9-29)24-27-28-25(30-10-14-37-15-11-30)31(24)19-4-2-1-3-5-19/h1-7,16,20H,8-15H2. The third-order valence-corrected chi connectivity index (χ3v) is 6.44. The maximum atomic E-state index is 13.6. The van der Waals surface area contributed by atoms with Gasteiger partial charge in [-0.25, -0.2) is 0 Å². The van der Waals surface area contributed by atoms with Crippen molar-refractivity contribution in [1.29, 1.82) is 5.26 Å². The highest BCUT2D eigenvalue weighted by molar-refractivity contribution is 6.03. The lowest BCUT2D eigenvalue weighted by molar-refractivity contribution is -0.384. The van der Waals surface area contributed by atoms with Gasteiger partial charge >= 0.3 is 0 Å². The van der Waals surface area contributed by atoms with E-state index in [-0.39, 0.29) is 17.1 Å². The van der Waals surface area contributed by atoms with Crippen molar-refractivity contribution in [1.82, 2.24) is 14.8 Å². The van der Waals surface area contributed by atoms with Gasteiger partial charge in [-0.05, 0) is 24.3 Å². The number of hydrogen-bond acceptors (Lipinski definition) is 10. The monoisotopic (exact) mass is 503 g/mol. The van der Waals surface area contributed by atoms with Crippen molar-refractivity contribution in [3.63, 3.8) is 0 Å². The van der Waals surface area contributed by atoms with Crippen molar-refractivity contribution in [2.75, 3.05) is 62.4 Å². The molecule has 12 heteroatoms. The molecule has 0 spiro atoms. The summed E-state index contributed by atoms with van der Waals surface area (Å²) in [6, 6.07) is 15.6. The molecule has 2 fully saturated rings. The Morgan fingerprint density at radius 3 is 2.24 bits per heavy atom. The number of Topliss-reactive ketones (excluding diaryl/α,β-unsaturated/α-hetero) is 1. The second-order valence-corrected chi connectivity index (χ2v) is 8.61. The second kappa shape index (κ2) is 10.7. The molecule has 0 bridgehead atoms. The van der Waals surface area contributed by atoms with E-state index in [1.54, 1.807) is 10.6 Å². The fourth-order valence-corrected chi connectivity index (χ4v) is 4.56. The van der Waals surface area contributed by atoms with Crippen molar-refractivity contribution in [3.05, 3.63) is 70.0 Å². The quantitative estimate of drug-likeness (QED) is 0.268. The molecule has 2 aliphatic rings. The van der Waals surface area contributed by atoms with Gasteiger partial charge in [-0.1, -0.05) is 18.2 Å². The molecule has 2 aliphatic heterocycles. The number of morpholine rings is 2. The Kier molecular flexibility index (Phi) is 7.07. The van der Waals surface area contributed by atoms with Crippen molar-refractivity contribution in [3.8, 4) is 11.8 Å². The summed E-state index contributed by atoms with van der Waals surface area (Å²) in [6.45, 7) is 4.19. The number of nitriles is 1. The van der Waals surface area contributed by atoms with E-state index in [0.717, 1.165) is 0 Å². The Bertz CT molecular complexity index is 1320. The van der Waals surface area contributed by atoms with Crippen molar-refractivity contribution >= 4 is 23.1 Å². The Labute approximate surface area is 212 Å². The number of carbonyl (C=O) groups excluding carboxylic acids is 1. The third-order valence-electron chi connectivity index (χ3n) is 6.44. The molecule has 0 radical (unpaired) electrons. The van der Waals surface area contributed by atoms with Crippen molar-refractivity contribution in [2.24, 2.45) is 0 Å². The fourth-order valence-electron chi connectivity index (χ4n) is 4.56. The molecule has 12 nitrogen and oxygen atoms in total. The summed E-state index contributed by atoms with van der Waals surface area (Å²) in [5.41, 5.74) is 0.986. The highest BCUT2D eigenvalue weighted by Crippen LogP contribution is 2.33. The van der Waals surface area contributed by atoms with Crippen molar-refractivity contribution < 1.29 is 19.2 Å². The van der Waals surface area contributed by atoms with E-state index < -0.39 is 16.6 Å². The lowest BCUT2D eigenvalue weighted by Crippen LogP contribution is -2.38. The summed E-state index contributed by atoms with van der Waals surface area (Å²) in [4.78, 5) is 28.9. The molecule has 1 unspecified atom stereocenters. The Morgan fingerprint density at radius 1 is 0.973 bits per heavy atom. The highest BCUT2D eigenvalue weighted by atomic mass is 16.6. The van der Waals surface area contributed by atoms with Crippen LogP contribution in [0.5, 0.6) is 0 Å². The number of nitrogens with zero attached hydrogens (tertiary/aromatic N) is 7. The van der Waals surface area contributed by atoms with Crippen LogP contribution in [-0.4, -0.2) is 78.1 Å². The molecule has 0 N–H and O–H groups in total. The second-order valence-electron chi connectivity index (χ2n) is 8.61. The van der Waals surface area contributed by atoms with E-state index in [4.69, 9.17) is 9.47 Å². The summed E-state index contributed by atoms with van der Waals surface area (Å²) in [6.07, 6.45) is 0. The molecule has 3 aromatic rings. The number of carbonyl (C=O) groups is 1. The first-order chi connectivity index (χ1) is 18.1. The van der Waals surface area contributed by atoms with Gasteiger partial charge in [-0.3, -0.25) is 19.5 Å². The van der Waals surface area contributed by atoms with Gasteiger partial charge in [0.2, 0.25) is 5.95 Å². The number of nitro benzene ring substituents is 1. The summed E-state index contributed by atoms with van der Waals surface area (Å²) in [5, 5.41) is 30.6. The highest BCUT2D eigenvalue weighted by Gasteiger charge is 2.33. The molecule has 2 saturated heterocycles. The molecule has 3 heterocycles. The molecule has 37 heavy (non-hydrogen) atoms. The molecule has 1 aromatic heterocycles. The number of para-hydroxylation sites is 1. The first kappa shape index (κ1) is 24.4. The molecule has 5 rings (SSSR count). The predicted molar refractivity (Wildman–Crippen MR) is 133 cm³/mol. The van der Waals surface area contributed by atoms with Gasteiger partial charge in [0, 0.05) is 37.8 Å². The predicted octanol–water partition coefficient (Wildman–Crippen LogP) is 2.34. The number of hydrogen-bond donors (Lipinski definition) is 0. The number of aromatic nitrogens is 3. The van der Waals surface area contributed by atoms with E-state index >= 15 is 0 Å². The first-order valence-electron chi connectivity index (χ1n) is 12.0. The SMILES string of the molecule is N#CC(C(=O)c1ccc(N2CCOCC2)c([N+](=O)[O-])c1)c1nnc(N2CCOCC2)n1-c1ccccc1. The zero-order valence-corrected chi connectivity index (χ0v) is 20.0. The summed E-state index contributed by atoms with van der Waals surface area (Å²) in [7, 11) is 0. The van der Waals surface area contributed by atoms with E-state index in [1.807, 2.05) is 40.1 Å². The zero-order chi connectivity index (χ0) is 25.8. The molecular weight excluding hydrogens is 478 g/mol. The van der Waals surface area contributed by atoms with Gasteiger partial charge in [-0.15, -0.1) is 10.2 Å². The van der Waals surface area contributed by atoms with Crippen LogP contribution >= 0.6 is 0 Å². The number of ketones is 1. The smallest absolute Gasteiger partial charge is 0.293 e. The van der Waals surface area contributed by atoms with Gasteiger partial charge in [0.25, 0.3) is 5.69 Å². The Morgan fingerprint density at radius 2 is 1.62 bits per heavy atom. The van der Waals surface area contributed by atoms with Gasteiger partial charge in [0.15, 0.2) is 17.5 Å². The number of benzene rings is 2. The molecule has 0 saturated carbocycles. The molecule has 0 amide bonds. The van der Waals surface area contributed by atoms with E-state index in [9.17, 15) is 20.2 Å². The molecule has 190 valence electrons. The van der Waals surface area contributed by atoms with Crippen LogP contribution in [0.4, 0.5) is 17.3 Å². The van der Waals surface area contributed by atoms with Crippen LogP contribution in [-0.2, 0) is 9.47 Å². The minimum Gasteiger partial charge on any atom is -0.378 e. The zero-order valence-electron chi connectivity index (χ0n) is 20.0. The minimum absolute atomic E-state index is 0.0609. The molecular formula is C25H25N7O5. The van der Waals surface area contributed by atoms with Gasteiger partial charge in [0.1, 0.15) is 5.69 Å². The van der Waals surface area contributed by atoms with Crippen LogP contribution in [0.25, 0.3) is 5.69 Å². The van der Waals surface area contributed by atoms with Crippen LogP contribution in [0.2, 0.25) is 0 Å². The van der Waals surface area contributed by atoms with Crippen LogP contribution in [0.15, 0.2) is 48.5 Å². The Hall–Kier alpha value is -4.34. The average Bonchev–Trinajstić information content (AvgIpc) is 3.39. The third kappa shape index (κ3) is 4.87. The van der Waals surface area contributed by atoms with Crippen LogP contribution in [0.1, 0.15) is 22.1 Å².